The van der Waals surface area contributed by atoms with Gasteiger partial charge < -0.3 is 10.4 Å². The summed E-state index contributed by atoms with van der Waals surface area (Å²) in [6.07, 6.45) is 3.36. The molecule has 24 heavy (non-hydrogen) atoms. The Balaban J connectivity index is 1.82. The molecule has 1 aromatic carbocycles. The highest BCUT2D eigenvalue weighted by atomic mass is 19.1. The van der Waals surface area contributed by atoms with E-state index in [9.17, 15) is 19.1 Å². The van der Waals surface area contributed by atoms with Crippen LogP contribution in [0.15, 0.2) is 30.5 Å². The molecule has 2 atom stereocenters. The Morgan fingerprint density at radius 3 is 2.79 bits per heavy atom. The molecule has 1 heterocycles. The Labute approximate surface area is 138 Å². The van der Waals surface area contributed by atoms with Gasteiger partial charge in [0.25, 0.3) is 5.91 Å². The molecule has 1 amide bonds. The van der Waals surface area contributed by atoms with Gasteiger partial charge >= 0.3 is 5.97 Å². The molecule has 0 radical (unpaired) electrons. The minimum absolute atomic E-state index is 0.262. The second-order valence-corrected chi connectivity index (χ2v) is 5.96. The van der Waals surface area contributed by atoms with Crippen LogP contribution >= 0.6 is 0 Å². The van der Waals surface area contributed by atoms with Crippen LogP contribution in [0.1, 0.15) is 35.3 Å². The predicted molar refractivity (Wildman–Crippen MR) is 84.5 cm³/mol. The second-order valence-electron chi connectivity index (χ2n) is 5.96. The van der Waals surface area contributed by atoms with Crippen molar-refractivity contribution in [3.63, 3.8) is 0 Å². The number of benzene rings is 1. The third-order valence-electron chi connectivity index (χ3n) is 4.48. The summed E-state index contributed by atoms with van der Waals surface area (Å²) in [4.78, 5) is 23.7. The topological polar surface area (TPSA) is 84.2 Å². The molecule has 126 valence electrons. The van der Waals surface area contributed by atoms with Crippen molar-refractivity contribution in [2.45, 2.75) is 32.2 Å². The smallest absolute Gasteiger partial charge is 0.308 e. The highest BCUT2D eigenvalue weighted by Crippen LogP contribution is 2.26. The zero-order chi connectivity index (χ0) is 17.3. The lowest BCUT2D eigenvalue weighted by Crippen LogP contribution is -2.40. The van der Waals surface area contributed by atoms with E-state index in [1.54, 1.807) is 25.1 Å². The fourth-order valence-corrected chi connectivity index (χ4v) is 3.17. The molecule has 2 N–H and O–H groups in total. The van der Waals surface area contributed by atoms with Crippen molar-refractivity contribution >= 4 is 11.9 Å². The molecule has 1 saturated carbocycles. The number of aromatic nitrogens is 2. The van der Waals surface area contributed by atoms with Gasteiger partial charge in [-0.15, -0.1) is 0 Å². The number of nitrogens with zero attached hydrogens (tertiary/aromatic N) is 2. The average Bonchev–Trinajstić information content (AvgIpc) is 3.14. The lowest BCUT2D eigenvalue weighted by atomic mass is 10.0. The van der Waals surface area contributed by atoms with E-state index in [0.717, 1.165) is 6.42 Å². The Hall–Kier alpha value is -2.70. The maximum absolute atomic E-state index is 13.9. The van der Waals surface area contributed by atoms with Crippen molar-refractivity contribution < 1.29 is 19.1 Å². The zero-order valence-electron chi connectivity index (χ0n) is 13.2. The third kappa shape index (κ3) is 2.89. The van der Waals surface area contributed by atoms with Gasteiger partial charge in [0.15, 0.2) is 0 Å². The Bertz CT molecular complexity index is 787. The molecule has 0 bridgehead atoms. The molecular weight excluding hydrogens is 313 g/mol. The number of amides is 1. The number of hydrogen-bond acceptors (Lipinski definition) is 3. The van der Waals surface area contributed by atoms with E-state index in [1.807, 2.05) is 0 Å². The van der Waals surface area contributed by atoms with Crippen LogP contribution in [-0.4, -0.2) is 32.8 Å². The molecule has 1 aromatic heterocycles. The van der Waals surface area contributed by atoms with Crippen LogP contribution < -0.4 is 5.32 Å². The molecule has 3 rings (SSSR count). The van der Waals surface area contributed by atoms with Gasteiger partial charge in [0.1, 0.15) is 11.5 Å². The Morgan fingerprint density at radius 2 is 2.08 bits per heavy atom. The zero-order valence-corrected chi connectivity index (χ0v) is 13.2. The Morgan fingerprint density at radius 1 is 1.33 bits per heavy atom. The number of hydrogen-bond donors (Lipinski definition) is 2. The van der Waals surface area contributed by atoms with Crippen LogP contribution in [0.4, 0.5) is 4.39 Å². The number of rotatable bonds is 4. The molecule has 0 aliphatic heterocycles. The highest BCUT2D eigenvalue weighted by molar-refractivity contribution is 5.95. The van der Waals surface area contributed by atoms with E-state index < -0.39 is 17.7 Å². The van der Waals surface area contributed by atoms with Crippen LogP contribution in [0.25, 0.3) is 5.69 Å². The van der Waals surface area contributed by atoms with Gasteiger partial charge in [0.05, 0.1) is 23.4 Å². The first-order chi connectivity index (χ1) is 11.5. The molecule has 0 spiro atoms. The van der Waals surface area contributed by atoms with Crippen LogP contribution in [0.3, 0.4) is 0 Å². The second kappa shape index (κ2) is 6.43. The number of nitrogens with one attached hydrogen (secondary N) is 1. The van der Waals surface area contributed by atoms with Crippen molar-refractivity contribution in [2.75, 3.05) is 0 Å². The van der Waals surface area contributed by atoms with E-state index in [-0.39, 0.29) is 17.6 Å². The van der Waals surface area contributed by atoms with E-state index in [2.05, 4.69) is 10.4 Å². The molecular formula is C17H18FN3O3. The summed E-state index contributed by atoms with van der Waals surface area (Å²) < 4.78 is 15.3. The van der Waals surface area contributed by atoms with Gasteiger partial charge in [0, 0.05) is 6.04 Å². The van der Waals surface area contributed by atoms with Crippen LogP contribution in [0.2, 0.25) is 0 Å². The van der Waals surface area contributed by atoms with Crippen LogP contribution in [0, 0.1) is 18.7 Å². The van der Waals surface area contributed by atoms with Gasteiger partial charge in [-0.3, -0.25) is 9.59 Å². The normalized spacial score (nSPS) is 20.1. The van der Waals surface area contributed by atoms with E-state index >= 15 is 0 Å². The van der Waals surface area contributed by atoms with Crippen molar-refractivity contribution in [1.82, 2.24) is 15.1 Å². The summed E-state index contributed by atoms with van der Waals surface area (Å²) in [5, 5.41) is 16.1. The SMILES string of the molecule is Cc1c(C(=O)N[C@@H]2CCC[C@@H]2C(=O)O)cnn1-c1ccccc1F. The first kappa shape index (κ1) is 16.2. The summed E-state index contributed by atoms with van der Waals surface area (Å²) >= 11 is 0. The molecule has 2 aromatic rings. The van der Waals surface area contributed by atoms with Crippen molar-refractivity contribution in [3.8, 4) is 5.69 Å². The monoisotopic (exact) mass is 331 g/mol. The van der Waals surface area contributed by atoms with Crippen LogP contribution in [0.5, 0.6) is 0 Å². The Kier molecular flexibility index (Phi) is 4.33. The van der Waals surface area contributed by atoms with Gasteiger partial charge in [-0.1, -0.05) is 18.6 Å². The van der Waals surface area contributed by atoms with Gasteiger partial charge in [-0.25, -0.2) is 9.07 Å². The van der Waals surface area contributed by atoms with E-state index in [4.69, 9.17) is 0 Å². The fourth-order valence-electron chi connectivity index (χ4n) is 3.17. The first-order valence-corrected chi connectivity index (χ1v) is 7.82. The number of aliphatic carboxylic acids is 1. The number of carbonyl (C=O) groups excluding carboxylic acids is 1. The van der Waals surface area contributed by atoms with Crippen LogP contribution in [-0.2, 0) is 4.79 Å². The molecule has 1 aliphatic carbocycles. The largest absolute Gasteiger partial charge is 0.481 e. The average molecular weight is 331 g/mol. The van der Waals surface area contributed by atoms with Crippen molar-refractivity contribution in [2.24, 2.45) is 5.92 Å². The lowest BCUT2D eigenvalue weighted by molar-refractivity contribution is -0.142. The standard InChI is InChI=1S/C17H18FN3O3/c1-10-12(9-19-21(10)15-8-3-2-6-13(15)18)16(22)20-14-7-4-5-11(14)17(23)24/h2-3,6,8-9,11,14H,4-5,7H2,1H3,(H,20,22)(H,23,24)/t11-,14+/m0/s1. The quantitative estimate of drug-likeness (QED) is 0.900. The number of carboxylic acids is 1. The maximum Gasteiger partial charge on any atom is 0.308 e. The summed E-state index contributed by atoms with van der Waals surface area (Å²) in [5.74, 6) is -2.27. The third-order valence-corrected chi connectivity index (χ3v) is 4.48. The first-order valence-electron chi connectivity index (χ1n) is 7.82. The summed E-state index contributed by atoms with van der Waals surface area (Å²) in [5.41, 5.74) is 1.08. The summed E-state index contributed by atoms with van der Waals surface area (Å²) in [6, 6.07) is 5.79. The predicted octanol–water partition coefficient (Wildman–Crippen LogP) is 2.30. The number of para-hydroxylation sites is 1. The summed E-state index contributed by atoms with van der Waals surface area (Å²) in [7, 11) is 0. The summed E-state index contributed by atoms with van der Waals surface area (Å²) in [6.45, 7) is 1.68. The highest BCUT2D eigenvalue weighted by Gasteiger charge is 2.34. The molecule has 0 saturated heterocycles. The number of carbonyl (C=O) groups is 2. The van der Waals surface area contributed by atoms with E-state index in [0.29, 0.717) is 24.1 Å². The van der Waals surface area contributed by atoms with Crippen molar-refractivity contribution in [3.05, 3.63) is 47.5 Å². The molecule has 1 fully saturated rings. The van der Waals surface area contributed by atoms with Gasteiger partial charge in [0.2, 0.25) is 0 Å². The van der Waals surface area contributed by atoms with Crippen molar-refractivity contribution in [1.29, 1.82) is 0 Å². The lowest BCUT2D eigenvalue weighted by Gasteiger charge is -2.17. The number of carboxylic acid groups (broad SMARTS) is 1. The number of halogens is 1. The van der Waals surface area contributed by atoms with E-state index in [1.165, 1.54) is 16.9 Å². The van der Waals surface area contributed by atoms with Gasteiger partial charge in [-0.05, 0) is 31.9 Å². The molecule has 7 heteroatoms. The maximum atomic E-state index is 13.9. The molecule has 6 nitrogen and oxygen atoms in total. The fraction of sp³-hybridized carbons (Fsp3) is 0.353. The van der Waals surface area contributed by atoms with Gasteiger partial charge in [-0.2, -0.15) is 5.10 Å². The minimum atomic E-state index is -0.892. The molecule has 1 aliphatic rings. The minimum Gasteiger partial charge on any atom is -0.481 e. The molecule has 0 unspecified atom stereocenters.